The summed E-state index contributed by atoms with van der Waals surface area (Å²) in [6.45, 7) is 5.30. The predicted octanol–water partition coefficient (Wildman–Crippen LogP) is 4.43. The summed E-state index contributed by atoms with van der Waals surface area (Å²) in [6.07, 6.45) is 9.11. The molecule has 0 aromatic carbocycles. The molecule has 0 aromatic rings. The van der Waals surface area contributed by atoms with Crippen LogP contribution in [0.5, 0.6) is 0 Å². The van der Waals surface area contributed by atoms with Gasteiger partial charge in [0.25, 0.3) is 5.92 Å². The molecule has 0 amide bonds. The second-order valence-electron chi connectivity index (χ2n) is 6.11. The lowest BCUT2D eigenvalue weighted by Gasteiger charge is -2.34. The molecule has 0 aliphatic heterocycles. The minimum Gasteiger partial charge on any atom is -0.478 e. The smallest absolute Gasteiger partial charge is 0.331 e. The molecule has 2 atom stereocenters. The predicted molar refractivity (Wildman–Crippen MR) is 95.4 cm³/mol. The van der Waals surface area contributed by atoms with Gasteiger partial charge in [-0.05, 0) is 32.8 Å². The molecule has 6 heteroatoms. The molecular weight excluding hydrogens is 328 g/mol. The van der Waals surface area contributed by atoms with E-state index in [2.05, 4.69) is 4.99 Å². The van der Waals surface area contributed by atoms with E-state index in [-0.39, 0.29) is 18.6 Å². The molecule has 0 fully saturated rings. The number of aliphatic carboxylic acids is 1. The molecule has 1 N–H and O–H groups in total. The first-order chi connectivity index (χ1) is 11.8. The van der Waals surface area contributed by atoms with E-state index in [9.17, 15) is 18.7 Å². The minimum atomic E-state index is -3.07. The van der Waals surface area contributed by atoms with Crippen molar-refractivity contribution < 1.29 is 23.4 Å². The van der Waals surface area contributed by atoms with Gasteiger partial charge in [-0.15, -0.1) is 0 Å². The van der Waals surface area contributed by atoms with Crippen LogP contribution in [0, 0.1) is 5.92 Å². The third kappa shape index (κ3) is 6.90. The number of nitrogens with zero attached hydrogens (tertiary/aromatic N) is 1. The highest BCUT2D eigenvalue weighted by Gasteiger charge is 2.45. The summed E-state index contributed by atoms with van der Waals surface area (Å²) in [5.41, 5.74) is 0.245. The Bertz CT molecular complexity index is 560. The standard InChI is InChI=1S/C19H27F2NO3/c1-4-6-8-9-11-25-17-15(19(3,20)21)12-14(18(23)24)13-16(17)22-10-7-5-2/h4,6,8-9,13,15,17H,5,7,10-12H2,1-3H3,(H,23,24). The highest BCUT2D eigenvalue weighted by molar-refractivity contribution is 6.05. The van der Waals surface area contributed by atoms with Crippen molar-refractivity contribution in [1.29, 1.82) is 0 Å². The van der Waals surface area contributed by atoms with Gasteiger partial charge in [0.1, 0.15) is 6.10 Å². The van der Waals surface area contributed by atoms with Gasteiger partial charge in [0.05, 0.1) is 18.2 Å². The second-order valence-corrected chi connectivity index (χ2v) is 6.11. The van der Waals surface area contributed by atoms with Crippen molar-refractivity contribution in [3.8, 4) is 0 Å². The molecule has 0 saturated carbocycles. The van der Waals surface area contributed by atoms with Gasteiger partial charge in [0, 0.05) is 12.1 Å². The number of unbranched alkanes of at least 4 members (excludes halogenated alkanes) is 1. The van der Waals surface area contributed by atoms with Crippen LogP contribution in [0.4, 0.5) is 8.78 Å². The van der Waals surface area contributed by atoms with Gasteiger partial charge in [0.15, 0.2) is 0 Å². The Labute approximate surface area is 148 Å². The summed E-state index contributed by atoms with van der Waals surface area (Å²) in [5.74, 6) is -5.51. The van der Waals surface area contributed by atoms with Crippen molar-refractivity contribution >= 4 is 11.7 Å². The summed E-state index contributed by atoms with van der Waals surface area (Å²) in [7, 11) is 0. The van der Waals surface area contributed by atoms with E-state index in [1.165, 1.54) is 6.08 Å². The molecule has 140 valence electrons. The Balaban J connectivity index is 3.10. The Morgan fingerprint density at radius 1 is 1.48 bits per heavy atom. The fourth-order valence-electron chi connectivity index (χ4n) is 2.57. The number of carbonyl (C=O) groups is 1. The van der Waals surface area contributed by atoms with E-state index in [0.29, 0.717) is 12.3 Å². The van der Waals surface area contributed by atoms with Crippen molar-refractivity contribution in [2.24, 2.45) is 10.9 Å². The zero-order valence-electron chi connectivity index (χ0n) is 15.0. The Morgan fingerprint density at radius 2 is 2.20 bits per heavy atom. The highest BCUT2D eigenvalue weighted by atomic mass is 19.3. The Kier molecular flexibility index (Phi) is 8.69. The van der Waals surface area contributed by atoms with Gasteiger partial charge < -0.3 is 9.84 Å². The van der Waals surface area contributed by atoms with Crippen LogP contribution in [0.15, 0.2) is 40.9 Å². The van der Waals surface area contributed by atoms with Crippen molar-refractivity contribution in [2.75, 3.05) is 13.2 Å². The van der Waals surface area contributed by atoms with Crippen LogP contribution < -0.4 is 0 Å². The summed E-state index contributed by atoms with van der Waals surface area (Å²) in [6, 6.07) is 0. The zero-order chi connectivity index (χ0) is 18.9. The van der Waals surface area contributed by atoms with Crippen molar-refractivity contribution in [3.05, 3.63) is 36.0 Å². The number of hydrogen-bond acceptors (Lipinski definition) is 3. The van der Waals surface area contributed by atoms with E-state index < -0.39 is 23.9 Å². The van der Waals surface area contributed by atoms with Gasteiger partial charge in [-0.2, -0.15) is 0 Å². The molecule has 2 unspecified atom stereocenters. The first-order valence-electron chi connectivity index (χ1n) is 8.56. The summed E-state index contributed by atoms with van der Waals surface area (Å²) in [5, 5.41) is 9.24. The molecule has 0 heterocycles. The van der Waals surface area contributed by atoms with Gasteiger partial charge in [-0.3, -0.25) is 4.99 Å². The zero-order valence-corrected chi connectivity index (χ0v) is 15.0. The number of halogens is 2. The fraction of sp³-hybridized carbons (Fsp3) is 0.579. The molecule has 25 heavy (non-hydrogen) atoms. The van der Waals surface area contributed by atoms with Crippen LogP contribution in [-0.2, 0) is 9.53 Å². The molecule has 0 spiro atoms. The molecule has 1 rings (SSSR count). The van der Waals surface area contributed by atoms with Gasteiger partial charge in [0.2, 0.25) is 0 Å². The maximum Gasteiger partial charge on any atom is 0.331 e. The summed E-state index contributed by atoms with van der Waals surface area (Å²) >= 11 is 0. The van der Waals surface area contributed by atoms with Crippen LogP contribution in [0.25, 0.3) is 0 Å². The average molecular weight is 355 g/mol. The monoisotopic (exact) mass is 355 g/mol. The van der Waals surface area contributed by atoms with Crippen LogP contribution in [0.3, 0.4) is 0 Å². The summed E-state index contributed by atoms with van der Waals surface area (Å²) < 4.78 is 33.9. The number of aliphatic imine (C=N–C) groups is 1. The van der Waals surface area contributed by atoms with Gasteiger partial charge >= 0.3 is 5.97 Å². The van der Waals surface area contributed by atoms with Crippen LogP contribution in [0.1, 0.15) is 40.0 Å². The number of ether oxygens (including phenoxy) is 1. The molecule has 1 aliphatic carbocycles. The fourth-order valence-corrected chi connectivity index (χ4v) is 2.57. The quantitative estimate of drug-likeness (QED) is 0.492. The number of carboxylic acids is 1. The van der Waals surface area contributed by atoms with Crippen molar-refractivity contribution in [2.45, 2.75) is 52.1 Å². The summed E-state index contributed by atoms with van der Waals surface area (Å²) in [4.78, 5) is 15.7. The highest BCUT2D eigenvalue weighted by Crippen LogP contribution is 2.37. The number of alkyl halides is 2. The first kappa shape index (κ1) is 21.2. The average Bonchev–Trinajstić information content (AvgIpc) is 2.54. The molecule has 4 nitrogen and oxygen atoms in total. The van der Waals surface area contributed by atoms with E-state index in [4.69, 9.17) is 4.74 Å². The third-order valence-electron chi connectivity index (χ3n) is 3.96. The first-order valence-corrected chi connectivity index (χ1v) is 8.56. The minimum absolute atomic E-state index is 0.0499. The molecule has 0 saturated heterocycles. The van der Waals surface area contributed by atoms with Crippen LogP contribution >= 0.6 is 0 Å². The number of rotatable bonds is 9. The molecule has 0 bridgehead atoms. The number of carboxylic acid groups (broad SMARTS) is 1. The topological polar surface area (TPSA) is 58.9 Å². The lowest BCUT2D eigenvalue weighted by molar-refractivity contribution is -0.134. The van der Waals surface area contributed by atoms with E-state index in [0.717, 1.165) is 19.8 Å². The number of allylic oxidation sites excluding steroid dienone is 3. The lowest BCUT2D eigenvalue weighted by Crippen LogP contribution is -2.45. The van der Waals surface area contributed by atoms with Gasteiger partial charge in [-0.1, -0.05) is 37.6 Å². The molecule has 0 radical (unpaired) electrons. The molecule has 1 aliphatic rings. The molecule has 0 aromatic heterocycles. The Hall–Kier alpha value is -1.82. The van der Waals surface area contributed by atoms with Crippen LogP contribution in [0.2, 0.25) is 0 Å². The third-order valence-corrected chi connectivity index (χ3v) is 3.96. The maximum atomic E-state index is 14.1. The Morgan fingerprint density at radius 3 is 2.76 bits per heavy atom. The van der Waals surface area contributed by atoms with E-state index in [1.54, 1.807) is 12.2 Å². The van der Waals surface area contributed by atoms with Crippen LogP contribution in [-0.4, -0.2) is 42.0 Å². The lowest BCUT2D eigenvalue weighted by atomic mass is 9.81. The molecular formula is C19H27F2NO3. The van der Waals surface area contributed by atoms with Gasteiger partial charge in [-0.25, -0.2) is 13.6 Å². The largest absolute Gasteiger partial charge is 0.478 e. The maximum absolute atomic E-state index is 14.1. The van der Waals surface area contributed by atoms with Crippen molar-refractivity contribution in [3.63, 3.8) is 0 Å². The van der Waals surface area contributed by atoms with E-state index in [1.807, 2.05) is 26.0 Å². The van der Waals surface area contributed by atoms with Crippen molar-refractivity contribution in [1.82, 2.24) is 0 Å². The second kappa shape index (κ2) is 10.2. The normalized spacial score (nSPS) is 23.6. The number of hydrogen-bond donors (Lipinski definition) is 1. The van der Waals surface area contributed by atoms with E-state index >= 15 is 0 Å². The SMILES string of the molecule is CC=CC=CCOC1C(=NCCCC)C=C(C(=O)O)CC1C(C)(F)F.